The lowest BCUT2D eigenvalue weighted by atomic mass is 10.2. The fourth-order valence-corrected chi connectivity index (χ4v) is 4.28. The van der Waals surface area contributed by atoms with Gasteiger partial charge in [-0.3, -0.25) is 19.3 Å². The summed E-state index contributed by atoms with van der Waals surface area (Å²) < 4.78 is 91.9. The van der Waals surface area contributed by atoms with E-state index in [9.17, 15) is 36.3 Å². The van der Waals surface area contributed by atoms with Crippen LogP contribution in [0.4, 0.5) is 22.0 Å². The minimum absolute atomic E-state index is 0.0248. The molecule has 2 heterocycles. The number of hydrogen-bond acceptors (Lipinski definition) is 9. The SMILES string of the molecule is C=C1C=CC(=O)N1CCN1CCN(C(=O)CCOCCOCCOCCOCCC(=O)Oc2c(F)c(F)c(F)c(F)c2F)CC1. The van der Waals surface area contributed by atoms with Crippen molar-refractivity contribution in [3.63, 3.8) is 0 Å². The molecule has 0 radical (unpaired) electrons. The third-order valence-corrected chi connectivity index (χ3v) is 6.81. The van der Waals surface area contributed by atoms with Gasteiger partial charge >= 0.3 is 5.97 Å². The molecule has 0 saturated carbocycles. The Morgan fingerprint density at radius 2 is 1.16 bits per heavy atom. The zero-order valence-corrected chi connectivity index (χ0v) is 24.7. The van der Waals surface area contributed by atoms with Gasteiger partial charge in [0.25, 0.3) is 5.91 Å². The van der Waals surface area contributed by atoms with Crippen molar-refractivity contribution < 1.29 is 60.0 Å². The highest BCUT2D eigenvalue weighted by molar-refractivity contribution is 5.93. The largest absolute Gasteiger partial charge is 0.420 e. The molecule has 3 rings (SSSR count). The predicted octanol–water partition coefficient (Wildman–Crippen LogP) is 2.19. The van der Waals surface area contributed by atoms with Gasteiger partial charge in [-0.05, 0) is 6.08 Å². The average Bonchev–Trinajstić information content (AvgIpc) is 3.36. The Morgan fingerprint density at radius 3 is 1.67 bits per heavy atom. The molecule has 0 unspecified atom stereocenters. The fourth-order valence-electron chi connectivity index (χ4n) is 4.28. The van der Waals surface area contributed by atoms with Crippen LogP contribution in [0.1, 0.15) is 12.8 Å². The number of piperazine rings is 1. The third-order valence-electron chi connectivity index (χ3n) is 6.81. The highest BCUT2D eigenvalue weighted by Gasteiger charge is 2.28. The first kappa shape index (κ1) is 36.0. The van der Waals surface area contributed by atoms with Gasteiger partial charge in [-0.25, -0.2) is 13.2 Å². The van der Waals surface area contributed by atoms with Crippen LogP contribution in [0.2, 0.25) is 0 Å². The summed E-state index contributed by atoms with van der Waals surface area (Å²) in [6.07, 6.45) is 2.99. The number of hydrogen-bond donors (Lipinski definition) is 0. The monoisotopic (exact) mass is 649 g/mol. The Bertz CT molecular complexity index is 1180. The highest BCUT2D eigenvalue weighted by Crippen LogP contribution is 2.29. The van der Waals surface area contributed by atoms with Crippen LogP contribution in [0.3, 0.4) is 0 Å². The molecule has 0 aliphatic carbocycles. The van der Waals surface area contributed by atoms with Crippen LogP contribution in [0.25, 0.3) is 0 Å². The van der Waals surface area contributed by atoms with Crippen molar-refractivity contribution >= 4 is 17.8 Å². The molecule has 0 aromatic heterocycles. The van der Waals surface area contributed by atoms with E-state index in [1.165, 1.54) is 6.08 Å². The number of benzene rings is 1. The smallest absolute Gasteiger partial charge is 0.313 e. The maximum Gasteiger partial charge on any atom is 0.313 e. The average molecular weight is 650 g/mol. The second kappa shape index (κ2) is 18.5. The number of esters is 1. The lowest BCUT2D eigenvalue weighted by molar-refractivity contribution is -0.136. The predicted molar refractivity (Wildman–Crippen MR) is 147 cm³/mol. The molecule has 1 aromatic rings. The van der Waals surface area contributed by atoms with Gasteiger partial charge in [-0.2, -0.15) is 8.78 Å². The quantitative estimate of drug-likeness (QED) is 0.0557. The van der Waals surface area contributed by atoms with Crippen molar-refractivity contribution in [2.24, 2.45) is 0 Å². The van der Waals surface area contributed by atoms with Gasteiger partial charge in [0.2, 0.25) is 40.7 Å². The standard InChI is InChI=1S/C29H36F5N3O8/c1-20-2-3-22(39)37(20)11-8-35-6-9-36(10-7-35)21(38)4-12-41-14-16-43-18-19-44-17-15-42-13-5-23(40)45-29-27(33)25(31)24(30)26(32)28(29)34/h2-3H,1,4-19H2. The van der Waals surface area contributed by atoms with E-state index in [0.717, 1.165) is 19.6 Å². The number of halogens is 5. The van der Waals surface area contributed by atoms with Gasteiger partial charge in [0.15, 0.2) is 0 Å². The molecule has 1 fully saturated rings. The van der Waals surface area contributed by atoms with Crippen molar-refractivity contribution in [3.8, 4) is 5.75 Å². The molecule has 2 aliphatic rings. The summed E-state index contributed by atoms with van der Waals surface area (Å²) in [7, 11) is 0. The minimum atomic E-state index is -2.35. The summed E-state index contributed by atoms with van der Waals surface area (Å²) in [5.74, 6) is -14.2. The van der Waals surface area contributed by atoms with E-state index in [0.29, 0.717) is 38.5 Å². The lowest BCUT2D eigenvalue weighted by Gasteiger charge is -2.35. The zero-order valence-electron chi connectivity index (χ0n) is 24.7. The Kier molecular flexibility index (Phi) is 14.8. The Balaban J connectivity index is 1.10. The van der Waals surface area contributed by atoms with Gasteiger partial charge in [0.05, 0.1) is 65.7 Å². The highest BCUT2D eigenvalue weighted by atomic mass is 19.2. The van der Waals surface area contributed by atoms with Crippen LogP contribution in [0.5, 0.6) is 5.75 Å². The van der Waals surface area contributed by atoms with Crippen LogP contribution < -0.4 is 4.74 Å². The lowest BCUT2D eigenvalue weighted by Crippen LogP contribution is -2.50. The first-order valence-corrected chi connectivity index (χ1v) is 14.3. The molecule has 0 bridgehead atoms. The van der Waals surface area contributed by atoms with Crippen LogP contribution in [0, 0.1) is 29.1 Å². The van der Waals surface area contributed by atoms with Crippen LogP contribution in [-0.2, 0) is 33.3 Å². The molecule has 1 aromatic carbocycles. The summed E-state index contributed by atoms with van der Waals surface area (Å²) in [4.78, 5) is 41.5. The number of carbonyl (C=O) groups is 3. The molecule has 11 nitrogen and oxygen atoms in total. The summed E-state index contributed by atoms with van der Waals surface area (Å²) in [5, 5.41) is 0. The second-order valence-electron chi connectivity index (χ2n) is 9.86. The zero-order chi connectivity index (χ0) is 32.8. The molecule has 45 heavy (non-hydrogen) atoms. The molecular formula is C29H36F5N3O8. The molecule has 250 valence electrons. The number of nitrogens with zero attached hydrogens (tertiary/aromatic N) is 3. The number of amides is 2. The van der Waals surface area contributed by atoms with Crippen molar-refractivity contribution in [1.82, 2.24) is 14.7 Å². The molecule has 0 atom stereocenters. The number of rotatable bonds is 19. The maximum absolute atomic E-state index is 13.5. The Labute approximate surface area is 257 Å². The summed E-state index contributed by atoms with van der Waals surface area (Å²) in [5.41, 5.74) is 0.697. The van der Waals surface area contributed by atoms with Crippen LogP contribution in [-0.4, -0.2) is 125 Å². The van der Waals surface area contributed by atoms with Crippen molar-refractivity contribution in [3.05, 3.63) is 53.5 Å². The second-order valence-corrected chi connectivity index (χ2v) is 9.86. The summed E-state index contributed by atoms with van der Waals surface area (Å²) in [6, 6.07) is 0. The summed E-state index contributed by atoms with van der Waals surface area (Å²) in [6.45, 7) is 9.25. The van der Waals surface area contributed by atoms with Gasteiger partial charge in [-0.1, -0.05) is 6.58 Å². The fraction of sp³-hybridized carbons (Fsp3) is 0.552. The van der Waals surface area contributed by atoms with E-state index < -0.39 is 47.2 Å². The van der Waals surface area contributed by atoms with Gasteiger partial charge < -0.3 is 33.5 Å². The Hall–Kier alpha value is -3.44. The first-order chi connectivity index (χ1) is 21.6. The molecule has 2 aliphatic heterocycles. The van der Waals surface area contributed by atoms with E-state index in [-0.39, 0.29) is 57.9 Å². The van der Waals surface area contributed by atoms with Gasteiger partial charge in [0.1, 0.15) is 0 Å². The van der Waals surface area contributed by atoms with E-state index in [1.54, 1.807) is 11.0 Å². The van der Waals surface area contributed by atoms with E-state index in [1.807, 2.05) is 4.90 Å². The molecule has 0 N–H and O–H groups in total. The Morgan fingerprint density at radius 1 is 0.667 bits per heavy atom. The summed E-state index contributed by atoms with van der Waals surface area (Å²) >= 11 is 0. The van der Waals surface area contributed by atoms with Gasteiger partial charge in [-0.15, -0.1) is 0 Å². The van der Waals surface area contributed by atoms with E-state index in [4.69, 9.17) is 18.9 Å². The van der Waals surface area contributed by atoms with Crippen molar-refractivity contribution in [1.29, 1.82) is 0 Å². The number of allylic oxidation sites excluding steroid dienone is 1. The first-order valence-electron chi connectivity index (χ1n) is 14.3. The van der Waals surface area contributed by atoms with Crippen LogP contribution in [0.15, 0.2) is 24.4 Å². The van der Waals surface area contributed by atoms with Crippen molar-refractivity contribution in [2.75, 3.05) is 92.1 Å². The number of ether oxygens (including phenoxy) is 5. The number of carbonyl (C=O) groups excluding carboxylic acids is 3. The molecule has 16 heteroatoms. The minimum Gasteiger partial charge on any atom is -0.420 e. The van der Waals surface area contributed by atoms with Crippen molar-refractivity contribution in [2.45, 2.75) is 12.8 Å². The molecule has 0 spiro atoms. The topological polar surface area (TPSA) is 107 Å². The maximum atomic E-state index is 13.5. The van der Waals surface area contributed by atoms with Crippen LogP contribution >= 0.6 is 0 Å². The molecular weight excluding hydrogens is 613 g/mol. The molecule has 1 saturated heterocycles. The normalized spacial score (nSPS) is 15.4. The van der Waals surface area contributed by atoms with E-state index in [2.05, 4.69) is 16.2 Å². The molecule has 2 amide bonds. The van der Waals surface area contributed by atoms with E-state index >= 15 is 0 Å². The van der Waals surface area contributed by atoms with Gasteiger partial charge in [0, 0.05) is 51.0 Å². The third kappa shape index (κ3) is 11.1.